The quantitative estimate of drug-likeness (QED) is 0.171. The number of hydrogen-bond donors (Lipinski definition) is 0. The fraction of sp³-hybridized carbons (Fsp3) is 0. The molecule has 0 saturated carbocycles. The van der Waals surface area contributed by atoms with Gasteiger partial charge in [0.15, 0.2) is 17.5 Å². The molecule has 0 N–H and O–H groups in total. The number of pyridine rings is 1. The van der Waals surface area contributed by atoms with Crippen LogP contribution in [0.1, 0.15) is 0 Å². The molecule has 3 heterocycles. The summed E-state index contributed by atoms with van der Waals surface area (Å²) in [6, 6.07) is 69.7. The number of rotatable bonds is 6. The Balaban J connectivity index is 1.06. The minimum absolute atomic E-state index is 0.641. The van der Waals surface area contributed by atoms with Gasteiger partial charge in [0.25, 0.3) is 0 Å². The van der Waals surface area contributed by atoms with Crippen molar-refractivity contribution in [2.75, 3.05) is 0 Å². The van der Waals surface area contributed by atoms with E-state index in [1.807, 2.05) is 60.7 Å². The lowest BCUT2D eigenvalue weighted by Gasteiger charge is -2.14. The van der Waals surface area contributed by atoms with Gasteiger partial charge < -0.3 is 4.57 Å². The minimum Gasteiger partial charge on any atom is -0.308 e. The molecule has 8 aromatic carbocycles. The third-order valence-corrected chi connectivity index (χ3v) is 10.9. The summed E-state index contributed by atoms with van der Waals surface area (Å²) >= 11 is 0. The predicted molar refractivity (Wildman–Crippen MR) is 234 cm³/mol. The highest BCUT2D eigenvalue weighted by Crippen LogP contribution is 2.42. The van der Waals surface area contributed by atoms with Gasteiger partial charge >= 0.3 is 0 Å². The Labute approximate surface area is 329 Å². The highest BCUT2D eigenvalue weighted by Gasteiger charge is 2.21. The minimum atomic E-state index is 0.641. The Morgan fingerprint density at radius 2 is 0.807 bits per heavy atom. The molecule has 0 amide bonds. The largest absolute Gasteiger partial charge is 0.308 e. The second kappa shape index (κ2) is 13.5. The van der Waals surface area contributed by atoms with Gasteiger partial charge in [-0.1, -0.05) is 170 Å². The van der Waals surface area contributed by atoms with E-state index in [0.29, 0.717) is 17.5 Å². The number of fused-ring (bicyclic) bond motifs is 6. The summed E-state index contributed by atoms with van der Waals surface area (Å²) in [6.07, 6.45) is 0. The molecular weight excluding hydrogens is 695 g/mol. The summed E-state index contributed by atoms with van der Waals surface area (Å²) in [6.45, 7) is 0. The first-order chi connectivity index (χ1) is 28.3. The standard InChI is InChI=1S/C52H33N5/c1-4-16-36(17-5-1)50-54-51(37-18-6-2-7-19-37)56-52(55-50)42-33-32-39(40-22-10-11-23-41(40)42)34-28-30-35(31-29-34)48-47-44-25-13-15-27-46(44)57(38-20-8-3-9-21-38)49(47)43-24-12-14-26-45(43)53-48/h1-33H. The lowest BCUT2D eigenvalue weighted by molar-refractivity contribution is 1.08. The summed E-state index contributed by atoms with van der Waals surface area (Å²) in [5.41, 5.74) is 11.6. The SMILES string of the molecule is c1ccc(-c2nc(-c3ccccc3)nc(-c3ccc(-c4ccc(-c5nc6ccccc6c6c5c5ccccc5n6-c5ccccc5)cc4)c4ccccc34)n2)cc1. The Hall–Kier alpha value is -7.76. The van der Waals surface area contributed by atoms with Crippen molar-refractivity contribution in [1.82, 2.24) is 24.5 Å². The van der Waals surface area contributed by atoms with Gasteiger partial charge in [-0.15, -0.1) is 0 Å². The molecule has 0 aliphatic heterocycles. The van der Waals surface area contributed by atoms with Crippen molar-refractivity contribution in [1.29, 1.82) is 0 Å². The van der Waals surface area contributed by atoms with E-state index in [2.05, 4.69) is 144 Å². The van der Waals surface area contributed by atoms with Crippen LogP contribution in [0.4, 0.5) is 0 Å². The molecular formula is C52H33N5. The fourth-order valence-electron chi connectivity index (χ4n) is 8.22. The molecule has 0 fully saturated rings. The molecule has 0 bridgehead atoms. The molecule has 5 heteroatoms. The average Bonchev–Trinajstić information content (AvgIpc) is 3.65. The molecule has 0 spiro atoms. The molecule has 3 aromatic heterocycles. The van der Waals surface area contributed by atoms with Crippen molar-refractivity contribution >= 4 is 43.5 Å². The Bertz CT molecular complexity index is 3210. The van der Waals surface area contributed by atoms with Gasteiger partial charge in [-0.3, -0.25) is 0 Å². The maximum Gasteiger partial charge on any atom is 0.164 e. The third-order valence-electron chi connectivity index (χ3n) is 10.9. The van der Waals surface area contributed by atoms with Crippen molar-refractivity contribution in [2.45, 2.75) is 0 Å². The van der Waals surface area contributed by atoms with Crippen LogP contribution in [0.5, 0.6) is 0 Å². The lowest BCUT2D eigenvalue weighted by atomic mass is 9.93. The average molecular weight is 728 g/mol. The zero-order valence-corrected chi connectivity index (χ0v) is 30.8. The molecule has 0 saturated heterocycles. The van der Waals surface area contributed by atoms with E-state index in [9.17, 15) is 0 Å². The third kappa shape index (κ3) is 5.56. The van der Waals surface area contributed by atoms with E-state index in [-0.39, 0.29) is 0 Å². The van der Waals surface area contributed by atoms with Crippen molar-refractivity contribution in [3.05, 3.63) is 200 Å². The van der Waals surface area contributed by atoms with Crippen LogP contribution in [-0.4, -0.2) is 24.5 Å². The molecule has 57 heavy (non-hydrogen) atoms. The highest BCUT2D eigenvalue weighted by molar-refractivity contribution is 6.22. The second-order valence-corrected chi connectivity index (χ2v) is 14.2. The lowest BCUT2D eigenvalue weighted by Crippen LogP contribution is -2.00. The summed E-state index contributed by atoms with van der Waals surface area (Å²) in [5, 5.41) is 5.67. The first-order valence-corrected chi connectivity index (χ1v) is 19.2. The predicted octanol–water partition coefficient (Wildman–Crippen LogP) is 13.0. The van der Waals surface area contributed by atoms with Crippen LogP contribution in [-0.2, 0) is 0 Å². The van der Waals surface area contributed by atoms with Crippen molar-refractivity contribution < 1.29 is 0 Å². The number of para-hydroxylation sites is 3. The van der Waals surface area contributed by atoms with E-state index >= 15 is 0 Å². The van der Waals surface area contributed by atoms with Crippen LogP contribution < -0.4 is 0 Å². The summed E-state index contributed by atoms with van der Waals surface area (Å²) in [5.74, 6) is 1.93. The zero-order chi connectivity index (χ0) is 37.7. The molecule has 11 aromatic rings. The Morgan fingerprint density at radius 1 is 0.316 bits per heavy atom. The van der Waals surface area contributed by atoms with Gasteiger partial charge in [0.2, 0.25) is 0 Å². The molecule has 266 valence electrons. The summed E-state index contributed by atoms with van der Waals surface area (Å²) < 4.78 is 2.39. The molecule has 5 nitrogen and oxygen atoms in total. The van der Waals surface area contributed by atoms with Crippen LogP contribution in [0.15, 0.2) is 200 Å². The normalized spacial score (nSPS) is 11.5. The first-order valence-electron chi connectivity index (χ1n) is 19.2. The smallest absolute Gasteiger partial charge is 0.164 e. The zero-order valence-electron chi connectivity index (χ0n) is 30.8. The van der Waals surface area contributed by atoms with E-state index in [1.165, 1.54) is 5.39 Å². The van der Waals surface area contributed by atoms with Gasteiger partial charge in [-0.2, -0.15) is 0 Å². The van der Waals surface area contributed by atoms with Crippen molar-refractivity contribution in [2.24, 2.45) is 0 Å². The summed E-state index contributed by atoms with van der Waals surface area (Å²) in [4.78, 5) is 20.4. The monoisotopic (exact) mass is 727 g/mol. The number of nitrogens with zero attached hydrogens (tertiary/aromatic N) is 5. The van der Waals surface area contributed by atoms with Gasteiger partial charge in [0, 0.05) is 44.1 Å². The number of benzene rings is 8. The van der Waals surface area contributed by atoms with E-state index in [1.54, 1.807) is 0 Å². The molecule has 0 radical (unpaired) electrons. The van der Waals surface area contributed by atoms with Gasteiger partial charge in [-0.25, -0.2) is 19.9 Å². The van der Waals surface area contributed by atoms with Crippen LogP contribution in [0.2, 0.25) is 0 Å². The highest BCUT2D eigenvalue weighted by atomic mass is 15.0. The van der Waals surface area contributed by atoms with Crippen molar-refractivity contribution in [3.63, 3.8) is 0 Å². The molecule has 0 atom stereocenters. The maximum absolute atomic E-state index is 5.35. The van der Waals surface area contributed by atoms with Gasteiger partial charge in [0.1, 0.15) is 0 Å². The molecule has 0 aliphatic carbocycles. The van der Waals surface area contributed by atoms with Crippen LogP contribution in [0.3, 0.4) is 0 Å². The van der Waals surface area contributed by atoms with Crippen LogP contribution in [0.25, 0.3) is 106 Å². The van der Waals surface area contributed by atoms with E-state index in [0.717, 1.165) is 82.9 Å². The van der Waals surface area contributed by atoms with Gasteiger partial charge in [0.05, 0.1) is 22.2 Å². The maximum atomic E-state index is 5.35. The Kier molecular flexibility index (Phi) is 7.74. The van der Waals surface area contributed by atoms with E-state index < -0.39 is 0 Å². The van der Waals surface area contributed by atoms with Gasteiger partial charge in [-0.05, 0) is 52.2 Å². The topological polar surface area (TPSA) is 56.5 Å². The molecule has 11 rings (SSSR count). The Morgan fingerprint density at radius 3 is 1.47 bits per heavy atom. The number of aromatic nitrogens is 5. The fourth-order valence-corrected chi connectivity index (χ4v) is 8.22. The molecule has 0 unspecified atom stereocenters. The van der Waals surface area contributed by atoms with Crippen molar-refractivity contribution in [3.8, 4) is 62.2 Å². The second-order valence-electron chi connectivity index (χ2n) is 14.2. The summed E-state index contributed by atoms with van der Waals surface area (Å²) in [7, 11) is 0. The number of hydrogen-bond acceptors (Lipinski definition) is 4. The van der Waals surface area contributed by atoms with Crippen LogP contribution >= 0.6 is 0 Å². The van der Waals surface area contributed by atoms with Crippen LogP contribution in [0, 0.1) is 0 Å². The van der Waals surface area contributed by atoms with E-state index in [4.69, 9.17) is 19.9 Å². The first kappa shape index (κ1) is 32.7. The molecule has 0 aliphatic rings.